The number of carboxylic acid groups (broad SMARTS) is 1. The summed E-state index contributed by atoms with van der Waals surface area (Å²) in [6, 6.07) is 17.1. The summed E-state index contributed by atoms with van der Waals surface area (Å²) in [4.78, 5) is 41.7. The third kappa shape index (κ3) is 5.39. The van der Waals surface area contributed by atoms with E-state index < -0.39 is 11.9 Å². The second-order valence-electron chi connectivity index (χ2n) is 7.12. The van der Waals surface area contributed by atoms with E-state index in [1.807, 2.05) is 24.4 Å². The molecule has 0 saturated carbocycles. The van der Waals surface area contributed by atoms with E-state index in [1.54, 1.807) is 42.5 Å². The van der Waals surface area contributed by atoms with Crippen LogP contribution in [0.15, 0.2) is 70.9 Å². The lowest BCUT2D eigenvalue weighted by atomic mass is 9.98. The third-order valence-corrected chi connectivity index (χ3v) is 6.61. The summed E-state index contributed by atoms with van der Waals surface area (Å²) in [5, 5.41) is 18.6. The van der Waals surface area contributed by atoms with Gasteiger partial charge in [0.2, 0.25) is 5.91 Å². The quantitative estimate of drug-likeness (QED) is 0.312. The number of hydrogen-bond acceptors (Lipinski definition) is 6. The number of nitrogens with one attached hydrogen (secondary N) is 2. The Hall–Kier alpha value is -3.69. The first-order valence-corrected chi connectivity index (χ1v) is 11.8. The van der Waals surface area contributed by atoms with Gasteiger partial charge in [0.05, 0.1) is 17.0 Å². The van der Waals surface area contributed by atoms with Crippen LogP contribution in [0.25, 0.3) is 10.8 Å². The van der Waals surface area contributed by atoms with Crippen molar-refractivity contribution in [1.29, 1.82) is 0 Å². The van der Waals surface area contributed by atoms with Gasteiger partial charge in [-0.25, -0.2) is 9.78 Å². The second-order valence-corrected chi connectivity index (χ2v) is 9.03. The first kappa shape index (κ1) is 22.5. The van der Waals surface area contributed by atoms with Gasteiger partial charge in [-0.2, -0.15) is 0 Å². The first-order valence-electron chi connectivity index (χ1n) is 9.92. The Morgan fingerprint density at radius 3 is 2.30 bits per heavy atom. The second kappa shape index (κ2) is 9.85. The molecule has 3 N–H and O–H groups in total. The van der Waals surface area contributed by atoms with Crippen molar-refractivity contribution in [3.8, 4) is 0 Å². The van der Waals surface area contributed by atoms with E-state index in [4.69, 9.17) is 0 Å². The summed E-state index contributed by atoms with van der Waals surface area (Å²) in [6.07, 6.45) is 0. The van der Waals surface area contributed by atoms with Gasteiger partial charge in [0.1, 0.15) is 0 Å². The zero-order chi connectivity index (χ0) is 23.4. The molecule has 0 aliphatic carbocycles. The Labute approximate surface area is 197 Å². The molecule has 0 radical (unpaired) electrons. The van der Waals surface area contributed by atoms with Crippen LogP contribution in [0.5, 0.6) is 0 Å². The number of benzene rings is 3. The fraction of sp³-hybridized carbons (Fsp3) is 0.0833. The molecule has 0 saturated heterocycles. The van der Waals surface area contributed by atoms with Crippen LogP contribution in [-0.2, 0) is 4.79 Å². The maximum absolute atomic E-state index is 12.9. The number of nitrogens with zero attached hydrogens (tertiary/aromatic N) is 1. The van der Waals surface area contributed by atoms with Gasteiger partial charge in [-0.1, -0.05) is 24.3 Å². The van der Waals surface area contributed by atoms with E-state index >= 15 is 0 Å². The molecule has 3 aromatic carbocycles. The maximum atomic E-state index is 12.9. The molecule has 0 spiro atoms. The van der Waals surface area contributed by atoms with E-state index in [0.29, 0.717) is 21.6 Å². The topological polar surface area (TPSA) is 108 Å². The largest absolute Gasteiger partial charge is 0.478 e. The van der Waals surface area contributed by atoms with E-state index in [0.717, 1.165) is 10.6 Å². The summed E-state index contributed by atoms with van der Waals surface area (Å²) in [6.45, 7) is 1.87. The minimum absolute atomic E-state index is 0.0798. The van der Waals surface area contributed by atoms with Crippen LogP contribution in [0.4, 0.5) is 10.8 Å². The molecule has 9 heteroatoms. The minimum atomic E-state index is -1.09. The Morgan fingerprint density at radius 1 is 0.970 bits per heavy atom. The molecule has 33 heavy (non-hydrogen) atoms. The van der Waals surface area contributed by atoms with Crippen molar-refractivity contribution in [2.75, 3.05) is 16.4 Å². The average Bonchev–Trinajstić information content (AvgIpc) is 3.22. The normalized spacial score (nSPS) is 10.7. The smallest absolute Gasteiger partial charge is 0.336 e. The molecule has 1 aromatic heterocycles. The Bertz CT molecular complexity index is 1340. The lowest BCUT2D eigenvalue weighted by Crippen LogP contribution is -2.14. The Kier molecular flexibility index (Phi) is 6.71. The third-order valence-electron chi connectivity index (χ3n) is 4.73. The maximum Gasteiger partial charge on any atom is 0.336 e. The molecule has 4 rings (SSSR count). The van der Waals surface area contributed by atoms with Crippen LogP contribution in [0.1, 0.15) is 26.4 Å². The van der Waals surface area contributed by atoms with Crippen LogP contribution < -0.4 is 10.6 Å². The molecule has 0 fully saturated rings. The number of thioether (sulfide) groups is 1. The molecule has 0 aliphatic heterocycles. The number of carboxylic acids is 1. The van der Waals surface area contributed by atoms with E-state index in [-0.39, 0.29) is 22.8 Å². The van der Waals surface area contributed by atoms with Crippen molar-refractivity contribution in [3.63, 3.8) is 0 Å². The number of amides is 2. The molecule has 2 amide bonds. The highest BCUT2D eigenvalue weighted by Gasteiger charge is 2.16. The molecule has 0 atom stereocenters. The van der Waals surface area contributed by atoms with Gasteiger partial charge in [0.25, 0.3) is 5.91 Å². The highest BCUT2D eigenvalue weighted by Crippen LogP contribution is 2.25. The number of carbonyl (C=O) groups is 3. The molecule has 1 heterocycles. The SMILES string of the molecule is Cc1csc(NC(=O)CSc2ccc(NC(=O)c3cccc4cccc(C(=O)O)c34)cc2)n1. The van der Waals surface area contributed by atoms with Crippen molar-refractivity contribution >= 4 is 62.5 Å². The number of aromatic carboxylic acids is 1. The van der Waals surface area contributed by atoms with Crippen LogP contribution in [0.3, 0.4) is 0 Å². The van der Waals surface area contributed by atoms with Gasteiger partial charge in [-0.15, -0.1) is 23.1 Å². The number of anilines is 2. The lowest BCUT2D eigenvalue weighted by Gasteiger charge is -2.11. The average molecular weight is 478 g/mol. The zero-order valence-electron chi connectivity index (χ0n) is 17.5. The van der Waals surface area contributed by atoms with Gasteiger partial charge >= 0.3 is 5.97 Å². The van der Waals surface area contributed by atoms with Crippen LogP contribution in [-0.4, -0.2) is 33.6 Å². The lowest BCUT2D eigenvalue weighted by molar-refractivity contribution is -0.113. The van der Waals surface area contributed by atoms with Crippen molar-refractivity contribution in [2.45, 2.75) is 11.8 Å². The summed E-state index contributed by atoms with van der Waals surface area (Å²) in [5.74, 6) is -1.39. The van der Waals surface area contributed by atoms with Gasteiger partial charge in [0.15, 0.2) is 5.13 Å². The Morgan fingerprint density at radius 2 is 1.67 bits per heavy atom. The number of carbonyl (C=O) groups excluding carboxylic acids is 2. The van der Waals surface area contributed by atoms with Crippen LogP contribution in [0.2, 0.25) is 0 Å². The molecule has 7 nitrogen and oxygen atoms in total. The minimum Gasteiger partial charge on any atom is -0.478 e. The van der Waals surface area contributed by atoms with E-state index in [9.17, 15) is 19.5 Å². The van der Waals surface area contributed by atoms with Crippen molar-refractivity contribution in [2.24, 2.45) is 0 Å². The fourth-order valence-corrected chi connectivity index (χ4v) is 4.66. The van der Waals surface area contributed by atoms with Gasteiger partial charge in [-0.05, 0) is 48.7 Å². The number of aryl methyl sites for hydroxylation is 1. The molecular formula is C24H19N3O4S2. The molecule has 166 valence electrons. The van der Waals surface area contributed by atoms with Crippen LogP contribution in [0, 0.1) is 6.92 Å². The molecule has 0 aliphatic rings. The van der Waals surface area contributed by atoms with E-state index in [1.165, 1.54) is 29.2 Å². The van der Waals surface area contributed by atoms with Crippen LogP contribution >= 0.6 is 23.1 Å². The zero-order valence-corrected chi connectivity index (χ0v) is 19.1. The Balaban J connectivity index is 1.41. The fourth-order valence-electron chi connectivity index (χ4n) is 3.26. The molecule has 0 unspecified atom stereocenters. The van der Waals surface area contributed by atoms with E-state index in [2.05, 4.69) is 15.6 Å². The predicted octanol–water partition coefficient (Wildman–Crippen LogP) is 5.29. The number of aromatic nitrogens is 1. The number of rotatable bonds is 7. The van der Waals surface area contributed by atoms with Crippen molar-refractivity contribution in [1.82, 2.24) is 4.98 Å². The standard InChI is InChI=1S/C24H19N3O4S2/c1-14-12-33-24(25-14)27-20(28)13-32-17-10-8-16(9-11-17)26-22(29)18-6-2-4-15-5-3-7-19(21(15)18)23(30)31/h2-12H,13H2,1H3,(H,26,29)(H,30,31)(H,25,27,28). The molecule has 0 bridgehead atoms. The molecule has 4 aromatic rings. The van der Waals surface area contributed by atoms with Gasteiger partial charge in [0, 0.05) is 26.9 Å². The van der Waals surface area contributed by atoms with Gasteiger partial charge < -0.3 is 15.7 Å². The summed E-state index contributed by atoms with van der Waals surface area (Å²) in [7, 11) is 0. The van der Waals surface area contributed by atoms with Crippen molar-refractivity contribution in [3.05, 3.63) is 82.9 Å². The monoisotopic (exact) mass is 477 g/mol. The summed E-state index contributed by atoms with van der Waals surface area (Å²) >= 11 is 2.76. The number of fused-ring (bicyclic) bond motifs is 1. The highest BCUT2D eigenvalue weighted by molar-refractivity contribution is 8.00. The summed E-state index contributed by atoms with van der Waals surface area (Å²) in [5.41, 5.74) is 1.80. The highest BCUT2D eigenvalue weighted by atomic mass is 32.2. The number of thiazole rings is 1. The summed E-state index contributed by atoms with van der Waals surface area (Å²) < 4.78 is 0. The van der Waals surface area contributed by atoms with Crippen molar-refractivity contribution < 1.29 is 19.5 Å². The molecular weight excluding hydrogens is 458 g/mol. The first-order chi connectivity index (χ1) is 15.9. The van der Waals surface area contributed by atoms with Gasteiger partial charge in [-0.3, -0.25) is 9.59 Å². The predicted molar refractivity (Wildman–Crippen MR) is 132 cm³/mol. The number of hydrogen-bond donors (Lipinski definition) is 3.